The van der Waals surface area contributed by atoms with E-state index in [0.29, 0.717) is 22.2 Å². The van der Waals surface area contributed by atoms with E-state index < -0.39 is 5.91 Å². The summed E-state index contributed by atoms with van der Waals surface area (Å²) in [5, 5.41) is 3.28. The monoisotopic (exact) mass is 470 g/mol. The molecule has 8 heteroatoms. The van der Waals surface area contributed by atoms with E-state index in [1.165, 1.54) is 6.20 Å². The van der Waals surface area contributed by atoms with E-state index in [4.69, 9.17) is 16.3 Å². The summed E-state index contributed by atoms with van der Waals surface area (Å²) in [5.74, 6) is 0.310. The van der Waals surface area contributed by atoms with E-state index in [1.807, 2.05) is 30.3 Å². The highest BCUT2D eigenvalue weighted by Gasteiger charge is 2.29. The van der Waals surface area contributed by atoms with Crippen molar-refractivity contribution in [2.75, 3.05) is 4.90 Å². The van der Waals surface area contributed by atoms with Crippen molar-refractivity contribution in [2.45, 2.75) is 13.1 Å². The Bertz CT molecular complexity index is 1380. The Hall–Kier alpha value is -4.23. The lowest BCUT2D eigenvalue weighted by atomic mass is 10.1. The number of pyridine rings is 2. The van der Waals surface area contributed by atoms with Gasteiger partial charge in [0.2, 0.25) is 0 Å². The van der Waals surface area contributed by atoms with Crippen molar-refractivity contribution in [3.63, 3.8) is 0 Å². The van der Waals surface area contributed by atoms with Crippen LogP contribution in [0.1, 0.15) is 32.0 Å². The van der Waals surface area contributed by atoms with Crippen LogP contribution in [-0.4, -0.2) is 21.8 Å². The number of fused-ring (bicyclic) bond motifs is 2. The number of hydrogen-bond acceptors (Lipinski definition) is 5. The molecule has 1 N–H and O–H groups in total. The molecule has 0 unspecified atom stereocenters. The van der Waals surface area contributed by atoms with Crippen LogP contribution in [0.2, 0.25) is 5.02 Å². The smallest absolute Gasteiger partial charge is 0.270 e. The molecule has 0 atom stereocenters. The van der Waals surface area contributed by atoms with Crippen LogP contribution in [0.25, 0.3) is 0 Å². The molecule has 34 heavy (non-hydrogen) atoms. The summed E-state index contributed by atoms with van der Waals surface area (Å²) < 4.78 is 6.09. The zero-order valence-electron chi connectivity index (χ0n) is 17.9. The number of carbonyl (C=O) groups excluding carboxylic acids is 2. The van der Waals surface area contributed by atoms with Gasteiger partial charge in [0.25, 0.3) is 11.8 Å². The van der Waals surface area contributed by atoms with Gasteiger partial charge < -0.3 is 15.0 Å². The number of amides is 2. The summed E-state index contributed by atoms with van der Waals surface area (Å²) in [4.78, 5) is 36.6. The van der Waals surface area contributed by atoms with Crippen molar-refractivity contribution >= 4 is 29.1 Å². The summed E-state index contributed by atoms with van der Waals surface area (Å²) in [7, 11) is 0. The van der Waals surface area contributed by atoms with E-state index in [-0.39, 0.29) is 30.3 Å². The molecule has 2 aromatic carbocycles. The van der Waals surface area contributed by atoms with Gasteiger partial charge in [-0.2, -0.15) is 0 Å². The fourth-order valence-electron chi connectivity index (χ4n) is 3.75. The van der Waals surface area contributed by atoms with Crippen LogP contribution in [0.3, 0.4) is 0 Å². The standard InChI is InChI=1S/C26H19ClN4O3/c27-19-9-10-23-21(13-19)31(16-18-6-1-2-8-22(18)34-23)26(33)20-7-4-12-29-24(20)25(32)30-15-17-5-3-11-28-14-17/h1-14H,15-16H2,(H,30,32). The van der Waals surface area contributed by atoms with Crippen molar-refractivity contribution in [3.8, 4) is 11.5 Å². The quantitative estimate of drug-likeness (QED) is 0.453. The second kappa shape index (κ2) is 9.33. The van der Waals surface area contributed by atoms with Gasteiger partial charge in [-0.3, -0.25) is 19.6 Å². The number of para-hydroxylation sites is 1. The van der Waals surface area contributed by atoms with Gasteiger partial charge in [-0.15, -0.1) is 0 Å². The van der Waals surface area contributed by atoms with Gasteiger partial charge in [0, 0.05) is 35.7 Å². The highest BCUT2D eigenvalue weighted by atomic mass is 35.5. The lowest BCUT2D eigenvalue weighted by molar-refractivity contribution is 0.0925. The van der Waals surface area contributed by atoms with Gasteiger partial charge in [0.1, 0.15) is 11.4 Å². The topological polar surface area (TPSA) is 84.4 Å². The molecular formula is C26H19ClN4O3. The van der Waals surface area contributed by atoms with Crippen LogP contribution in [0, 0.1) is 0 Å². The lowest BCUT2D eigenvalue weighted by Crippen LogP contribution is -2.33. The SMILES string of the molecule is O=C(NCc1cccnc1)c1ncccc1C(=O)N1Cc2ccccc2Oc2ccc(Cl)cc21. The van der Waals surface area contributed by atoms with Crippen molar-refractivity contribution in [1.29, 1.82) is 0 Å². The van der Waals surface area contributed by atoms with Gasteiger partial charge in [-0.25, -0.2) is 0 Å². The lowest BCUT2D eigenvalue weighted by Gasteiger charge is -2.23. The number of nitrogens with zero attached hydrogens (tertiary/aromatic N) is 3. The van der Waals surface area contributed by atoms with Crippen LogP contribution in [0.15, 0.2) is 85.3 Å². The zero-order valence-corrected chi connectivity index (χ0v) is 18.7. The summed E-state index contributed by atoms with van der Waals surface area (Å²) in [5.41, 5.74) is 2.40. The summed E-state index contributed by atoms with van der Waals surface area (Å²) in [6.07, 6.45) is 4.82. The second-order valence-corrected chi connectivity index (χ2v) is 8.09. The number of nitrogens with one attached hydrogen (secondary N) is 1. The first-order valence-corrected chi connectivity index (χ1v) is 11.0. The summed E-state index contributed by atoms with van der Waals surface area (Å²) in [6.45, 7) is 0.508. The highest BCUT2D eigenvalue weighted by molar-refractivity contribution is 6.31. The van der Waals surface area contributed by atoms with E-state index >= 15 is 0 Å². The Morgan fingerprint density at radius 1 is 1.00 bits per heavy atom. The van der Waals surface area contributed by atoms with Gasteiger partial charge >= 0.3 is 0 Å². The van der Waals surface area contributed by atoms with E-state index in [9.17, 15) is 9.59 Å². The molecule has 0 saturated carbocycles. The molecule has 0 spiro atoms. The maximum absolute atomic E-state index is 13.8. The zero-order chi connectivity index (χ0) is 23.5. The molecule has 1 aliphatic heterocycles. The molecule has 5 rings (SSSR count). The van der Waals surface area contributed by atoms with Crippen LogP contribution < -0.4 is 15.0 Å². The Morgan fingerprint density at radius 2 is 1.85 bits per heavy atom. The first-order valence-electron chi connectivity index (χ1n) is 10.6. The molecule has 0 fully saturated rings. The predicted molar refractivity (Wildman–Crippen MR) is 128 cm³/mol. The Morgan fingerprint density at radius 3 is 2.71 bits per heavy atom. The Balaban J connectivity index is 1.50. The minimum atomic E-state index is -0.453. The minimum Gasteiger partial charge on any atom is -0.455 e. The van der Waals surface area contributed by atoms with E-state index in [2.05, 4.69) is 15.3 Å². The number of halogens is 1. The molecule has 2 aromatic heterocycles. The number of carbonyl (C=O) groups is 2. The molecule has 0 radical (unpaired) electrons. The van der Waals surface area contributed by atoms with Gasteiger partial charge in [0.05, 0.1) is 17.8 Å². The molecule has 1 aliphatic rings. The first-order chi connectivity index (χ1) is 16.6. The van der Waals surface area contributed by atoms with Crippen molar-refractivity contribution in [1.82, 2.24) is 15.3 Å². The van der Waals surface area contributed by atoms with Crippen molar-refractivity contribution in [2.24, 2.45) is 0 Å². The third-order valence-corrected chi connectivity index (χ3v) is 5.64. The second-order valence-electron chi connectivity index (χ2n) is 7.66. The molecule has 7 nitrogen and oxygen atoms in total. The van der Waals surface area contributed by atoms with Gasteiger partial charge in [0.15, 0.2) is 5.75 Å². The molecule has 3 heterocycles. The summed E-state index contributed by atoms with van der Waals surface area (Å²) in [6, 6.07) is 19.5. The van der Waals surface area contributed by atoms with Gasteiger partial charge in [-0.1, -0.05) is 35.9 Å². The molecule has 0 saturated heterocycles. The number of benzene rings is 2. The predicted octanol–water partition coefficient (Wildman–Crippen LogP) is 5.01. The summed E-state index contributed by atoms with van der Waals surface area (Å²) >= 11 is 6.26. The number of rotatable bonds is 4. The molecule has 2 amide bonds. The van der Waals surface area contributed by atoms with E-state index in [1.54, 1.807) is 53.7 Å². The molecule has 0 aliphatic carbocycles. The maximum atomic E-state index is 13.8. The van der Waals surface area contributed by atoms with Crippen molar-refractivity contribution < 1.29 is 14.3 Å². The first kappa shape index (κ1) is 21.6. The third-order valence-electron chi connectivity index (χ3n) is 5.41. The highest BCUT2D eigenvalue weighted by Crippen LogP contribution is 2.41. The maximum Gasteiger partial charge on any atom is 0.270 e. The third kappa shape index (κ3) is 4.33. The fraction of sp³-hybridized carbons (Fsp3) is 0.0769. The number of hydrogen-bond donors (Lipinski definition) is 1. The number of ether oxygens (including phenoxy) is 1. The number of anilines is 1. The molecule has 4 aromatic rings. The van der Waals surface area contributed by atoms with Crippen LogP contribution in [0.5, 0.6) is 11.5 Å². The molecule has 168 valence electrons. The fourth-order valence-corrected chi connectivity index (χ4v) is 3.92. The number of aromatic nitrogens is 2. The molecule has 0 bridgehead atoms. The van der Waals surface area contributed by atoms with Crippen LogP contribution >= 0.6 is 11.6 Å². The van der Waals surface area contributed by atoms with Crippen molar-refractivity contribution in [3.05, 3.63) is 113 Å². The Kier molecular flexibility index (Phi) is 5.93. The van der Waals surface area contributed by atoms with E-state index in [0.717, 1.165) is 11.1 Å². The largest absolute Gasteiger partial charge is 0.455 e. The minimum absolute atomic E-state index is 0.0402. The Labute approximate surface area is 201 Å². The van der Waals surface area contributed by atoms with Gasteiger partial charge in [-0.05, 0) is 48.0 Å². The molecular weight excluding hydrogens is 452 g/mol. The average Bonchev–Trinajstić information content (AvgIpc) is 3.04. The van der Waals surface area contributed by atoms with Crippen LogP contribution in [-0.2, 0) is 13.1 Å². The average molecular weight is 471 g/mol. The normalized spacial score (nSPS) is 12.1. The van der Waals surface area contributed by atoms with Crippen LogP contribution in [0.4, 0.5) is 5.69 Å².